The molecule has 1 unspecified atom stereocenters. The summed E-state index contributed by atoms with van der Waals surface area (Å²) in [6, 6.07) is 8.07. The number of nitrogens with zero attached hydrogens (tertiary/aromatic N) is 1. The van der Waals surface area contributed by atoms with Crippen molar-refractivity contribution in [1.29, 1.82) is 0 Å². The number of urea groups is 1. The average molecular weight is 526 g/mol. The molecule has 0 aliphatic carbocycles. The molecule has 36 heavy (non-hydrogen) atoms. The van der Waals surface area contributed by atoms with Crippen molar-refractivity contribution in [2.45, 2.75) is 71.0 Å². The Morgan fingerprint density at radius 3 is 2.08 bits per heavy atom. The first kappa shape index (κ1) is 31.2. The Balaban J connectivity index is 2.77. The summed E-state index contributed by atoms with van der Waals surface area (Å²) < 4.78 is 15.4. The summed E-state index contributed by atoms with van der Waals surface area (Å²) in [5.41, 5.74) is 2.23. The van der Waals surface area contributed by atoms with Crippen LogP contribution in [0.15, 0.2) is 30.3 Å². The second-order valence-electron chi connectivity index (χ2n) is 10.0. The number of nitrogens with one attached hydrogen (secondary N) is 2. The highest BCUT2D eigenvalue weighted by Crippen LogP contribution is 2.14. The van der Waals surface area contributed by atoms with E-state index >= 15 is 0 Å². The first-order valence-corrected chi connectivity index (χ1v) is 12.8. The molecule has 2 N–H and O–H groups in total. The van der Waals surface area contributed by atoms with E-state index in [1.165, 1.54) is 23.9 Å². The van der Waals surface area contributed by atoms with Crippen LogP contribution < -0.4 is 10.7 Å². The van der Waals surface area contributed by atoms with Crippen LogP contribution >= 0.6 is 11.8 Å². The van der Waals surface area contributed by atoms with E-state index in [9.17, 15) is 19.2 Å². The first-order valence-electron chi connectivity index (χ1n) is 11.6. The molecule has 0 aromatic heterocycles. The lowest BCUT2D eigenvalue weighted by Gasteiger charge is -2.26. The van der Waals surface area contributed by atoms with E-state index in [4.69, 9.17) is 14.2 Å². The van der Waals surface area contributed by atoms with Crippen molar-refractivity contribution < 1.29 is 33.4 Å². The highest BCUT2D eigenvalue weighted by atomic mass is 32.2. The van der Waals surface area contributed by atoms with Crippen LogP contribution in [-0.2, 0) is 34.3 Å². The van der Waals surface area contributed by atoms with Gasteiger partial charge in [-0.25, -0.2) is 14.6 Å². The quantitative estimate of drug-likeness (QED) is 0.241. The van der Waals surface area contributed by atoms with Crippen LogP contribution in [0.4, 0.5) is 4.79 Å². The van der Waals surface area contributed by atoms with E-state index in [1.54, 1.807) is 41.5 Å². The topological polar surface area (TPSA) is 123 Å². The molecule has 1 atom stereocenters. The summed E-state index contributed by atoms with van der Waals surface area (Å²) in [7, 11) is 1.24. The molecule has 1 aromatic carbocycles. The van der Waals surface area contributed by atoms with Gasteiger partial charge in [0.2, 0.25) is 0 Å². The number of esters is 3. The van der Waals surface area contributed by atoms with Crippen LogP contribution in [0.5, 0.6) is 0 Å². The average Bonchev–Trinajstić information content (AvgIpc) is 2.74. The Bertz CT molecular complexity index is 867. The van der Waals surface area contributed by atoms with Gasteiger partial charge in [0.1, 0.15) is 23.8 Å². The highest BCUT2D eigenvalue weighted by Gasteiger charge is 2.25. The number of amides is 2. The van der Waals surface area contributed by atoms with Crippen LogP contribution in [0, 0.1) is 0 Å². The molecule has 0 aliphatic heterocycles. The molecular formula is C25H39N3O7S. The number of hydrazine groups is 1. The smallest absolute Gasteiger partial charge is 0.330 e. The number of carbonyl (C=O) groups is 4. The van der Waals surface area contributed by atoms with Crippen molar-refractivity contribution in [3.8, 4) is 0 Å². The predicted molar refractivity (Wildman–Crippen MR) is 138 cm³/mol. The molecule has 0 heterocycles. The molecule has 1 rings (SSSR count). The molecule has 11 heteroatoms. The molecule has 0 bridgehead atoms. The molecule has 202 valence electrons. The van der Waals surface area contributed by atoms with E-state index in [0.717, 1.165) is 5.56 Å². The fourth-order valence-electron chi connectivity index (χ4n) is 2.84. The lowest BCUT2D eigenvalue weighted by atomic mass is 10.2. The third-order valence-corrected chi connectivity index (χ3v) is 5.30. The second kappa shape index (κ2) is 14.7. The molecule has 10 nitrogen and oxygen atoms in total. The summed E-state index contributed by atoms with van der Waals surface area (Å²) >= 11 is 1.46. The Morgan fingerprint density at radius 1 is 0.944 bits per heavy atom. The van der Waals surface area contributed by atoms with Gasteiger partial charge < -0.3 is 19.5 Å². The van der Waals surface area contributed by atoms with Gasteiger partial charge in [-0.1, -0.05) is 30.3 Å². The number of hydrogen-bond donors (Lipinski definition) is 2. The molecule has 0 saturated heterocycles. The zero-order valence-electron chi connectivity index (χ0n) is 22.2. The minimum absolute atomic E-state index is 0.00672. The molecule has 1 aromatic rings. The zero-order valence-corrected chi connectivity index (χ0v) is 23.0. The summed E-state index contributed by atoms with van der Waals surface area (Å²) in [6.07, 6.45) is -0.0757. The SMILES string of the molecule is COC(=O)C(CSCc1ccccc1)NC(=O)NN(CCC(=O)OC(C)(C)C)CC(=O)OC(C)(C)C. The molecule has 0 aliphatic rings. The third-order valence-electron chi connectivity index (χ3n) is 4.19. The van der Waals surface area contributed by atoms with Gasteiger partial charge in [0.25, 0.3) is 0 Å². The predicted octanol–water partition coefficient (Wildman–Crippen LogP) is 3.05. The lowest BCUT2D eigenvalue weighted by Crippen LogP contribution is -2.54. The number of ether oxygens (including phenoxy) is 3. The van der Waals surface area contributed by atoms with Crippen molar-refractivity contribution >= 4 is 35.7 Å². The fourth-order valence-corrected chi connectivity index (χ4v) is 3.84. The van der Waals surface area contributed by atoms with Crippen molar-refractivity contribution in [3.63, 3.8) is 0 Å². The Morgan fingerprint density at radius 2 is 1.53 bits per heavy atom. The number of methoxy groups -OCH3 is 1. The Hall–Kier alpha value is -2.79. The van der Waals surface area contributed by atoms with Gasteiger partial charge >= 0.3 is 23.9 Å². The van der Waals surface area contributed by atoms with Crippen LogP contribution in [0.1, 0.15) is 53.5 Å². The van der Waals surface area contributed by atoms with Crippen molar-refractivity contribution in [3.05, 3.63) is 35.9 Å². The largest absolute Gasteiger partial charge is 0.467 e. The molecular weight excluding hydrogens is 486 g/mol. The fraction of sp³-hybridized carbons (Fsp3) is 0.600. The van der Waals surface area contributed by atoms with Gasteiger partial charge in [0.05, 0.1) is 13.5 Å². The number of carbonyl (C=O) groups excluding carboxylic acids is 4. The summed E-state index contributed by atoms with van der Waals surface area (Å²) in [5, 5.41) is 3.83. The van der Waals surface area contributed by atoms with Crippen LogP contribution in [0.25, 0.3) is 0 Å². The normalized spacial score (nSPS) is 12.4. The van der Waals surface area contributed by atoms with E-state index < -0.39 is 41.2 Å². The van der Waals surface area contributed by atoms with Gasteiger partial charge in [-0.2, -0.15) is 11.8 Å². The van der Waals surface area contributed by atoms with Gasteiger partial charge in [0.15, 0.2) is 0 Å². The molecule has 2 amide bonds. The van der Waals surface area contributed by atoms with Gasteiger partial charge in [0, 0.05) is 18.1 Å². The van der Waals surface area contributed by atoms with Gasteiger partial charge in [-0.15, -0.1) is 0 Å². The maximum atomic E-state index is 12.7. The molecule has 0 saturated carbocycles. The summed E-state index contributed by atoms with van der Waals surface area (Å²) in [6.45, 7) is 10.1. The van der Waals surface area contributed by atoms with Gasteiger partial charge in [-0.3, -0.25) is 15.0 Å². The van der Waals surface area contributed by atoms with Crippen LogP contribution in [-0.4, -0.2) is 72.1 Å². The molecule has 0 spiro atoms. The summed E-state index contributed by atoms with van der Waals surface area (Å²) in [5.74, 6) is -0.742. The van der Waals surface area contributed by atoms with Crippen LogP contribution in [0.3, 0.4) is 0 Å². The Kier molecular flexibility index (Phi) is 12.8. The minimum Gasteiger partial charge on any atom is -0.467 e. The maximum absolute atomic E-state index is 12.7. The van der Waals surface area contributed by atoms with E-state index in [2.05, 4.69) is 10.7 Å². The summed E-state index contributed by atoms with van der Waals surface area (Å²) in [4.78, 5) is 49.4. The van der Waals surface area contributed by atoms with Crippen molar-refractivity contribution in [1.82, 2.24) is 15.8 Å². The number of hydrogen-bond acceptors (Lipinski definition) is 9. The van der Waals surface area contributed by atoms with Crippen molar-refractivity contribution in [2.24, 2.45) is 0 Å². The Labute approximate surface area is 217 Å². The maximum Gasteiger partial charge on any atom is 0.330 e. The standard InChI is InChI=1S/C25H39N3O7S/c1-24(2,3)34-20(29)13-14-28(15-21(30)35-25(4,5)6)27-23(32)26-19(22(31)33-7)17-36-16-18-11-9-8-10-12-18/h8-12,19H,13-17H2,1-7H3,(H2,26,27,32). The van der Waals surface area contributed by atoms with E-state index in [-0.39, 0.29) is 25.3 Å². The monoisotopic (exact) mass is 525 g/mol. The van der Waals surface area contributed by atoms with E-state index in [0.29, 0.717) is 5.75 Å². The number of rotatable bonds is 12. The zero-order chi connectivity index (χ0) is 27.4. The van der Waals surface area contributed by atoms with E-state index in [1.807, 2.05) is 30.3 Å². The minimum atomic E-state index is -0.919. The first-order chi connectivity index (χ1) is 16.7. The lowest BCUT2D eigenvalue weighted by molar-refractivity contribution is -0.159. The molecule has 0 fully saturated rings. The highest BCUT2D eigenvalue weighted by molar-refractivity contribution is 7.98. The van der Waals surface area contributed by atoms with Crippen molar-refractivity contribution in [2.75, 3.05) is 26.0 Å². The number of benzene rings is 1. The second-order valence-corrected chi connectivity index (χ2v) is 11.0. The number of thioether (sulfide) groups is 1. The van der Waals surface area contributed by atoms with Gasteiger partial charge in [-0.05, 0) is 47.1 Å². The third kappa shape index (κ3) is 14.6. The molecule has 0 radical (unpaired) electrons. The van der Waals surface area contributed by atoms with Crippen LogP contribution in [0.2, 0.25) is 0 Å².